The van der Waals surface area contributed by atoms with E-state index in [1.807, 2.05) is 27.2 Å². The number of phosphoric ester groups is 1. The number of likely N-dealkylation sites (N-methyl/N-ethyl adjacent to an activating group) is 1. The number of carbonyl (C=O) groups excluding carboxylic acids is 1. The van der Waals surface area contributed by atoms with Crippen LogP contribution in [0.25, 0.3) is 0 Å². The number of carbonyl (C=O) groups is 1. The van der Waals surface area contributed by atoms with Crippen LogP contribution in [-0.2, 0) is 18.4 Å². The first-order chi connectivity index (χ1) is 31.0. The van der Waals surface area contributed by atoms with Crippen molar-refractivity contribution in [3.8, 4) is 0 Å². The number of quaternary nitrogens is 1. The largest absolute Gasteiger partial charge is 0.756 e. The van der Waals surface area contributed by atoms with Gasteiger partial charge in [-0.05, 0) is 57.8 Å². The number of nitrogens with one attached hydrogen (secondary N) is 1. The SMILES string of the molecule is CCCCCCCCCCCCC/C=C\CCCCCCCCCC(=O)NC(COP(=O)([O-])OCC[N+](C)(C)C)C(O)/C=C/CC/C=C/CCCCCCCCCCCCCCCC. The van der Waals surface area contributed by atoms with Gasteiger partial charge in [0.2, 0.25) is 5.91 Å². The molecular formula is C55H107N2O6P. The lowest BCUT2D eigenvalue weighted by atomic mass is 10.0. The van der Waals surface area contributed by atoms with Crippen LogP contribution in [0.4, 0.5) is 0 Å². The molecule has 0 aromatic heterocycles. The fourth-order valence-corrected chi connectivity index (χ4v) is 8.71. The second-order valence-corrected chi connectivity index (χ2v) is 21.3. The summed E-state index contributed by atoms with van der Waals surface area (Å²) in [7, 11) is 1.25. The summed E-state index contributed by atoms with van der Waals surface area (Å²) >= 11 is 0. The molecule has 2 N–H and O–H groups in total. The molecule has 0 heterocycles. The maximum absolute atomic E-state index is 12.9. The topological polar surface area (TPSA) is 108 Å². The molecule has 64 heavy (non-hydrogen) atoms. The molecule has 3 atom stereocenters. The van der Waals surface area contributed by atoms with Gasteiger partial charge in [0, 0.05) is 6.42 Å². The number of unbranched alkanes of at least 4 members (excludes halogenated alkanes) is 33. The molecule has 0 saturated carbocycles. The van der Waals surface area contributed by atoms with Crippen LogP contribution in [0.15, 0.2) is 36.5 Å². The number of allylic oxidation sites excluding steroid dienone is 5. The smallest absolute Gasteiger partial charge is 0.268 e. The minimum Gasteiger partial charge on any atom is -0.756 e. The van der Waals surface area contributed by atoms with Crippen molar-refractivity contribution >= 4 is 13.7 Å². The summed E-state index contributed by atoms with van der Waals surface area (Å²) < 4.78 is 23.3. The third-order valence-electron chi connectivity index (χ3n) is 12.3. The van der Waals surface area contributed by atoms with Crippen molar-refractivity contribution in [1.29, 1.82) is 0 Å². The van der Waals surface area contributed by atoms with Crippen molar-refractivity contribution in [2.75, 3.05) is 40.9 Å². The molecular weight excluding hydrogens is 816 g/mol. The number of phosphoric acid groups is 1. The number of amides is 1. The van der Waals surface area contributed by atoms with Crippen molar-refractivity contribution in [2.24, 2.45) is 0 Å². The number of hydrogen-bond donors (Lipinski definition) is 2. The van der Waals surface area contributed by atoms with E-state index in [1.54, 1.807) is 6.08 Å². The van der Waals surface area contributed by atoms with Crippen LogP contribution in [0.3, 0.4) is 0 Å². The Hall–Kier alpha value is -1.28. The summed E-state index contributed by atoms with van der Waals surface area (Å²) in [5.74, 6) is -0.209. The lowest BCUT2D eigenvalue weighted by Gasteiger charge is -2.29. The highest BCUT2D eigenvalue weighted by Gasteiger charge is 2.23. The first-order valence-electron chi connectivity index (χ1n) is 27.4. The number of nitrogens with zero attached hydrogens (tertiary/aromatic N) is 1. The molecule has 0 radical (unpaired) electrons. The van der Waals surface area contributed by atoms with Gasteiger partial charge in [-0.2, -0.15) is 0 Å². The Balaban J connectivity index is 4.30. The first kappa shape index (κ1) is 62.7. The average Bonchev–Trinajstić information content (AvgIpc) is 3.25. The van der Waals surface area contributed by atoms with E-state index in [0.29, 0.717) is 17.4 Å². The summed E-state index contributed by atoms with van der Waals surface area (Å²) in [6, 6.07) is -0.905. The summed E-state index contributed by atoms with van der Waals surface area (Å²) in [4.78, 5) is 25.4. The number of rotatable bonds is 50. The van der Waals surface area contributed by atoms with Crippen molar-refractivity contribution in [3.05, 3.63) is 36.5 Å². The molecule has 0 rings (SSSR count). The van der Waals surface area contributed by atoms with Gasteiger partial charge in [-0.1, -0.05) is 230 Å². The highest BCUT2D eigenvalue weighted by molar-refractivity contribution is 7.45. The molecule has 0 saturated heterocycles. The van der Waals surface area contributed by atoms with Gasteiger partial charge in [0.25, 0.3) is 7.82 Å². The molecule has 0 aromatic rings. The van der Waals surface area contributed by atoms with E-state index in [1.165, 1.54) is 199 Å². The van der Waals surface area contributed by atoms with Crippen LogP contribution in [0.2, 0.25) is 0 Å². The van der Waals surface area contributed by atoms with Crippen molar-refractivity contribution in [2.45, 2.75) is 270 Å². The predicted octanol–water partition coefficient (Wildman–Crippen LogP) is 15.6. The molecule has 3 unspecified atom stereocenters. The molecule has 378 valence electrons. The lowest BCUT2D eigenvalue weighted by Crippen LogP contribution is -2.45. The summed E-state index contributed by atoms with van der Waals surface area (Å²) in [6.07, 6.45) is 59.3. The summed E-state index contributed by atoms with van der Waals surface area (Å²) in [6.45, 7) is 4.65. The monoisotopic (exact) mass is 923 g/mol. The second-order valence-electron chi connectivity index (χ2n) is 19.9. The van der Waals surface area contributed by atoms with Crippen molar-refractivity contribution < 1.29 is 32.9 Å². The minimum absolute atomic E-state index is 0.00671. The maximum atomic E-state index is 12.9. The molecule has 0 aliphatic heterocycles. The van der Waals surface area contributed by atoms with Gasteiger partial charge < -0.3 is 28.8 Å². The molecule has 8 nitrogen and oxygen atoms in total. The van der Waals surface area contributed by atoms with E-state index in [4.69, 9.17) is 9.05 Å². The van der Waals surface area contributed by atoms with Crippen LogP contribution in [0.5, 0.6) is 0 Å². The van der Waals surface area contributed by atoms with Gasteiger partial charge in [-0.15, -0.1) is 0 Å². The van der Waals surface area contributed by atoms with E-state index in [2.05, 4.69) is 43.5 Å². The number of hydrogen-bond acceptors (Lipinski definition) is 6. The third-order valence-corrected chi connectivity index (χ3v) is 13.3. The van der Waals surface area contributed by atoms with Gasteiger partial charge >= 0.3 is 0 Å². The fourth-order valence-electron chi connectivity index (χ4n) is 7.99. The van der Waals surface area contributed by atoms with Gasteiger partial charge in [-0.25, -0.2) is 0 Å². The van der Waals surface area contributed by atoms with Gasteiger partial charge in [0.15, 0.2) is 0 Å². The Bertz CT molecular complexity index is 1140. The Kier molecular flexibility index (Phi) is 45.9. The van der Waals surface area contributed by atoms with Crippen LogP contribution in [-0.4, -0.2) is 68.5 Å². The van der Waals surface area contributed by atoms with Crippen LogP contribution in [0.1, 0.15) is 258 Å². The highest BCUT2D eigenvalue weighted by Crippen LogP contribution is 2.38. The van der Waals surface area contributed by atoms with Crippen molar-refractivity contribution in [3.63, 3.8) is 0 Å². The van der Waals surface area contributed by atoms with Crippen molar-refractivity contribution in [1.82, 2.24) is 5.32 Å². The van der Waals surface area contributed by atoms with Gasteiger partial charge in [0.1, 0.15) is 13.2 Å². The molecule has 0 aliphatic carbocycles. The normalized spacial score (nSPS) is 14.3. The molecule has 0 aliphatic rings. The Morgan fingerprint density at radius 3 is 1.27 bits per heavy atom. The molecule has 0 spiro atoms. The van der Waals surface area contributed by atoms with E-state index < -0.39 is 26.6 Å². The Morgan fingerprint density at radius 1 is 0.531 bits per heavy atom. The zero-order chi connectivity index (χ0) is 47.1. The molecule has 0 aromatic carbocycles. The number of aliphatic hydroxyl groups is 1. The first-order valence-corrected chi connectivity index (χ1v) is 28.8. The zero-order valence-corrected chi connectivity index (χ0v) is 43.9. The third kappa shape index (κ3) is 48.6. The molecule has 9 heteroatoms. The highest BCUT2D eigenvalue weighted by atomic mass is 31.2. The molecule has 0 bridgehead atoms. The van der Waals surface area contributed by atoms with E-state index in [9.17, 15) is 19.4 Å². The zero-order valence-electron chi connectivity index (χ0n) is 43.0. The molecule has 0 fully saturated rings. The number of aliphatic hydroxyl groups excluding tert-OH is 1. The van der Waals surface area contributed by atoms with E-state index in [0.717, 1.165) is 38.5 Å². The van der Waals surface area contributed by atoms with E-state index in [-0.39, 0.29) is 12.5 Å². The molecule has 1 amide bonds. The quantitative estimate of drug-likeness (QED) is 0.0272. The van der Waals surface area contributed by atoms with Gasteiger partial charge in [0.05, 0.1) is 39.9 Å². The fraction of sp³-hybridized carbons (Fsp3) is 0.873. The Labute approximate surface area is 397 Å². The standard InChI is InChI=1S/C55H107N2O6P/c1-6-8-10-12-14-16-18-20-22-24-26-28-29-31-33-35-37-39-41-43-45-47-49-55(59)56-53(52-63-64(60,61)62-51-50-57(3,4)5)54(58)48-46-44-42-40-38-36-34-32-30-27-25-23-21-19-17-15-13-11-9-7-2/h29,31,38,40,46,48,53-54,58H,6-28,30,32-37,39,41-45,47,49-52H2,1-5H3,(H-,56,59,60,61)/b31-29-,40-38+,48-46+. The van der Waals surface area contributed by atoms with Gasteiger partial charge in [-0.3, -0.25) is 9.36 Å². The summed E-state index contributed by atoms with van der Waals surface area (Å²) in [5, 5.41) is 13.8. The average molecular weight is 923 g/mol. The lowest BCUT2D eigenvalue weighted by molar-refractivity contribution is -0.870. The van der Waals surface area contributed by atoms with Crippen LogP contribution in [0, 0.1) is 0 Å². The second kappa shape index (κ2) is 46.8. The Morgan fingerprint density at radius 2 is 0.875 bits per heavy atom. The summed E-state index contributed by atoms with van der Waals surface area (Å²) in [5.41, 5.74) is 0. The predicted molar refractivity (Wildman–Crippen MR) is 275 cm³/mol. The minimum atomic E-state index is -4.60. The maximum Gasteiger partial charge on any atom is 0.268 e. The van der Waals surface area contributed by atoms with Crippen LogP contribution < -0.4 is 10.2 Å². The van der Waals surface area contributed by atoms with Crippen LogP contribution >= 0.6 is 7.82 Å². The van der Waals surface area contributed by atoms with E-state index >= 15 is 0 Å².